The lowest BCUT2D eigenvalue weighted by Crippen LogP contribution is -2.37. The minimum absolute atomic E-state index is 0.355. The van der Waals surface area contributed by atoms with Gasteiger partial charge in [0.15, 0.2) is 11.6 Å². The molecule has 4 heteroatoms. The molecule has 3 rings (SSSR count). The first-order valence-electron chi connectivity index (χ1n) is 11.8. The maximum Gasteiger partial charge on any atom is 0.400 e. The van der Waals surface area contributed by atoms with Crippen molar-refractivity contribution in [3.63, 3.8) is 0 Å². The normalized spacial score (nSPS) is 19.9. The maximum atomic E-state index is 14.8. The maximum absolute atomic E-state index is 14.8. The Morgan fingerprint density at radius 2 is 1.81 bits per heavy atom. The van der Waals surface area contributed by atoms with Crippen molar-refractivity contribution < 1.29 is 17.9 Å². The van der Waals surface area contributed by atoms with Gasteiger partial charge in [0.05, 0.1) is 5.92 Å². The molecule has 0 amide bonds. The fourth-order valence-electron chi connectivity index (χ4n) is 4.63. The minimum atomic E-state index is -3.36. The van der Waals surface area contributed by atoms with Gasteiger partial charge in [0, 0.05) is 0 Å². The predicted octanol–water partition coefficient (Wildman–Crippen LogP) is 8.85. The first-order chi connectivity index (χ1) is 14.9. The van der Waals surface area contributed by atoms with E-state index in [-0.39, 0.29) is 5.75 Å². The first-order valence-corrected chi connectivity index (χ1v) is 11.8. The van der Waals surface area contributed by atoms with Gasteiger partial charge in [0.2, 0.25) is 0 Å². The van der Waals surface area contributed by atoms with Crippen molar-refractivity contribution in [3.8, 4) is 5.75 Å². The molecule has 0 unspecified atom stereocenters. The number of unbranched alkanes of at least 4 members (excludes halogenated alkanes) is 2. The van der Waals surface area contributed by atoms with E-state index < -0.39 is 17.8 Å². The Morgan fingerprint density at radius 1 is 1.03 bits per heavy atom. The van der Waals surface area contributed by atoms with Gasteiger partial charge in [-0.25, -0.2) is 4.39 Å². The number of halogens is 3. The van der Waals surface area contributed by atoms with Crippen LogP contribution in [0.15, 0.2) is 42.5 Å². The molecule has 31 heavy (non-hydrogen) atoms. The summed E-state index contributed by atoms with van der Waals surface area (Å²) in [5.41, 5.74) is 1.14. The van der Waals surface area contributed by atoms with Crippen LogP contribution in [0.1, 0.15) is 77.2 Å². The summed E-state index contributed by atoms with van der Waals surface area (Å²) in [5.74, 6) is -1.45. The number of aryl methyl sites for hydroxylation is 1. The SMILES string of the molecule is C/C=C/CCC1CCC(C(F)(F)Oc2cc3ccc(CCCCC)cc3cc2F)CC1. The molecule has 1 saturated carbocycles. The highest BCUT2D eigenvalue weighted by Gasteiger charge is 2.44. The average molecular weight is 433 g/mol. The molecular weight excluding hydrogens is 397 g/mol. The van der Waals surface area contributed by atoms with Gasteiger partial charge in [0.1, 0.15) is 0 Å². The number of hydrogen-bond acceptors (Lipinski definition) is 1. The zero-order valence-corrected chi connectivity index (χ0v) is 18.8. The molecule has 0 radical (unpaired) electrons. The summed E-state index contributed by atoms with van der Waals surface area (Å²) >= 11 is 0. The summed E-state index contributed by atoms with van der Waals surface area (Å²) < 4.78 is 49.3. The van der Waals surface area contributed by atoms with Crippen LogP contribution in [0.2, 0.25) is 0 Å². The standard InChI is InChI=1S/C27H35F3O/c1-3-5-7-9-20-12-15-24(16-13-20)27(29,30)31-26-19-22-14-11-21(10-8-6-4-2)17-23(22)18-25(26)28/h3,5,11,14,17-20,24H,4,6-10,12-13,15-16H2,1-2H3/b5-3+. The molecule has 170 valence electrons. The lowest BCUT2D eigenvalue weighted by atomic mass is 9.79. The van der Waals surface area contributed by atoms with E-state index in [1.165, 1.54) is 12.1 Å². The molecule has 0 aliphatic heterocycles. The van der Waals surface area contributed by atoms with Crippen LogP contribution in [0.5, 0.6) is 5.75 Å². The molecule has 0 atom stereocenters. The lowest BCUT2D eigenvalue weighted by molar-refractivity contribution is -0.224. The van der Waals surface area contributed by atoms with Crippen molar-refractivity contribution in [2.45, 2.75) is 84.2 Å². The van der Waals surface area contributed by atoms with E-state index in [0.29, 0.717) is 18.8 Å². The smallest absolute Gasteiger partial charge is 0.400 e. The third-order valence-electron chi connectivity index (χ3n) is 6.57. The predicted molar refractivity (Wildman–Crippen MR) is 122 cm³/mol. The summed E-state index contributed by atoms with van der Waals surface area (Å²) in [6, 6.07) is 8.55. The summed E-state index contributed by atoms with van der Waals surface area (Å²) in [5, 5.41) is 1.45. The van der Waals surface area contributed by atoms with E-state index in [4.69, 9.17) is 4.74 Å². The molecule has 0 saturated heterocycles. The van der Waals surface area contributed by atoms with Gasteiger partial charge in [-0.1, -0.05) is 50.1 Å². The van der Waals surface area contributed by atoms with Gasteiger partial charge in [-0.05, 0) is 92.7 Å². The molecule has 0 bridgehead atoms. The van der Waals surface area contributed by atoms with Crippen LogP contribution in [0.4, 0.5) is 13.2 Å². The number of ether oxygens (including phenoxy) is 1. The van der Waals surface area contributed by atoms with Crippen molar-refractivity contribution in [3.05, 3.63) is 53.9 Å². The number of fused-ring (bicyclic) bond motifs is 1. The number of rotatable bonds is 10. The van der Waals surface area contributed by atoms with E-state index in [0.717, 1.165) is 67.7 Å². The molecular formula is C27H35F3O. The van der Waals surface area contributed by atoms with Gasteiger partial charge in [0.25, 0.3) is 0 Å². The van der Waals surface area contributed by atoms with Gasteiger partial charge in [-0.2, -0.15) is 8.78 Å². The second-order valence-electron chi connectivity index (χ2n) is 8.95. The van der Waals surface area contributed by atoms with Crippen LogP contribution in [-0.4, -0.2) is 6.11 Å². The molecule has 1 aliphatic rings. The largest absolute Gasteiger partial charge is 0.429 e. The Hall–Kier alpha value is -1.97. The zero-order valence-electron chi connectivity index (χ0n) is 18.8. The van der Waals surface area contributed by atoms with Gasteiger partial charge < -0.3 is 4.74 Å². The number of hydrogen-bond donors (Lipinski definition) is 0. The topological polar surface area (TPSA) is 9.23 Å². The van der Waals surface area contributed by atoms with Crippen molar-refractivity contribution in [1.82, 2.24) is 0 Å². The monoisotopic (exact) mass is 432 g/mol. The van der Waals surface area contributed by atoms with Crippen molar-refractivity contribution in [2.24, 2.45) is 11.8 Å². The Kier molecular flexibility index (Phi) is 8.45. The first kappa shape index (κ1) is 23.7. The fourth-order valence-corrected chi connectivity index (χ4v) is 4.63. The third-order valence-corrected chi connectivity index (χ3v) is 6.57. The van der Waals surface area contributed by atoms with E-state index in [2.05, 4.69) is 13.0 Å². The molecule has 0 spiro atoms. The summed E-state index contributed by atoms with van der Waals surface area (Å²) in [6.45, 7) is 4.15. The number of benzene rings is 2. The number of alkyl halides is 2. The molecule has 0 aromatic heterocycles. The number of allylic oxidation sites excluding steroid dienone is 2. The highest BCUT2D eigenvalue weighted by molar-refractivity contribution is 5.84. The fraction of sp³-hybridized carbons (Fsp3) is 0.556. The van der Waals surface area contributed by atoms with Gasteiger partial charge >= 0.3 is 6.11 Å². The van der Waals surface area contributed by atoms with Crippen LogP contribution in [-0.2, 0) is 6.42 Å². The third kappa shape index (κ3) is 6.51. The van der Waals surface area contributed by atoms with Gasteiger partial charge in [-0.15, -0.1) is 0 Å². The minimum Gasteiger partial charge on any atom is -0.429 e. The molecule has 1 nitrogen and oxygen atoms in total. The second-order valence-corrected chi connectivity index (χ2v) is 8.95. The van der Waals surface area contributed by atoms with Crippen LogP contribution in [0.3, 0.4) is 0 Å². The van der Waals surface area contributed by atoms with Crippen molar-refractivity contribution in [1.29, 1.82) is 0 Å². The van der Waals surface area contributed by atoms with E-state index in [1.807, 2.05) is 31.2 Å². The van der Waals surface area contributed by atoms with Crippen LogP contribution >= 0.6 is 0 Å². The Morgan fingerprint density at radius 3 is 2.52 bits per heavy atom. The Bertz CT molecular complexity index is 866. The molecule has 0 heterocycles. The molecule has 0 N–H and O–H groups in total. The van der Waals surface area contributed by atoms with Crippen molar-refractivity contribution >= 4 is 10.8 Å². The molecule has 1 fully saturated rings. The highest BCUT2D eigenvalue weighted by Crippen LogP contribution is 2.42. The summed E-state index contributed by atoms with van der Waals surface area (Å²) in [4.78, 5) is 0. The van der Waals surface area contributed by atoms with E-state index in [9.17, 15) is 13.2 Å². The van der Waals surface area contributed by atoms with Crippen LogP contribution in [0, 0.1) is 17.7 Å². The zero-order chi connectivity index (χ0) is 22.3. The average Bonchev–Trinajstić information content (AvgIpc) is 2.75. The molecule has 2 aromatic rings. The van der Waals surface area contributed by atoms with Crippen LogP contribution < -0.4 is 4.74 Å². The van der Waals surface area contributed by atoms with E-state index in [1.54, 1.807) is 0 Å². The van der Waals surface area contributed by atoms with Crippen molar-refractivity contribution in [2.75, 3.05) is 0 Å². The Labute approximate surface area is 184 Å². The van der Waals surface area contributed by atoms with E-state index >= 15 is 0 Å². The van der Waals surface area contributed by atoms with Gasteiger partial charge in [-0.3, -0.25) is 0 Å². The van der Waals surface area contributed by atoms with Crippen LogP contribution in [0.25, 0.3) is 10.8 Å². The second kappa shape index (κ2) is 11.1. The Balaban J connectivity index is 1.64. The summed E-state index contributed by atoms with van der Waals surface area (Å²) in [7, 11) is 0. The highest BCUT2D eigenvalue weighted by atomic mass is 19.3. The molecule has 2 aromatic carbocycles. The molecule has 1 aliphatic carbocycles. The summed E-state index contributed by atoms with van der Waals surface area (Å²) in [6.07, 6.45) is 9.58. The quantitative estimate of drug-likeness (QED) is 0.269. The lowest BCUT2D eigenvalue weighted by Gasteiger charge is -2.33.